The normalized spacial score (nSPS) is 10.1. The summed E-state index contributed by atoms with van der Waals surface area (Å²) in [6.07, 6.45) is 0. The average molecular weight is 424 g/mol. The minimum absolute atomic E-state index is 0.235. The number of anilines is 1. The van der Waals surface area contributed by atoms with Gasteiger partial charge < -0.3 is 10.1 Å². The van der Waals surface area contributed by atoms with Crippen LogP contribution in [0.15, 0.2) is 72.8 Å². The molecule has 0 radical (unpaired) electrons. The maximum Gasteiger partial charge on any atom is 0.271 e. The van der Waals surface area contributed by atoms with Crippen LogP contribution in [-0.2, 0) is 0 Å². The number of methoxy groups -OCH3 is 1. The maximum absolute atomic E-state index is 12.4. The summed E-state index contributed by atoms with van der Waals surface area (Å²) < 4.78 is 5.12. The number of nitrogens with one attached hydrogen (secondary N) is 3. The Hall–Kier alpha value is -3.84. The Morgan fingerprint density at radius 3 is 2.17 bits per heavy atom. The first-order valence-corrected chi connectivity index (χ1v) is 9.26. The van der Waals surface area contributed by atoms with Crippen molar-refractivity contribution in [2.24, 2.45) is 0 Å². The third-order valence-electron chi connectivity index (χ3n) is 4.12. The van der Waals surface area contributed by atoms with Crippen LogP contribution in [0, 0.1) is 0 Å². The van der Waals surface area contributed by atoms with Gasteiger partial charge in [-0.3, -0.25) is 25.2 Å². The molecule has 0 heterocycles. The van der Waals surface area contributed by atoms with E-state index in [1.165, 1.54) is 13.2 Å². The molecule has 0 bridgehead atoms. The molecule has 0 saturated carbocycles. The van der Waals surface area contributed by atoms with Gasteiger partial charge in [0.15, 0.2) is 0 Å². The number of ether oxygens (including phenoxy) is 1. The van der Waals surface area contributed by atoms with Gasteiger partial charge in [0.1, 0.15) is 5.75 Å². The number of halogens is 1. The minimum Gasteiger partial charge on any atom is -0.497 e. The van der Waals surface area contributed by atoms with Crippen molar-refractivity contribution in [2.45, 2.75) is 0 Å². The fraction of sp³-hybridized carbons (Fsp3) is 0.0455. The summed E-state index contributed by atoms with van der Waals surface area (Å²) in [5.41, 5.74) is 5.96. The lowest BCUT2D eigenvalue weighted by Gasteiger charge is -2.10. The van der Waals surface area contributed by atoms with E-state index in [4.69, 9.17) is 16.3 Å². The van der Waals surface area contributed by atoms with Gasteiger partial charge in [-0.2, -0.15) is 0 Å². The second-order valence-corrected chi connectivity index (χ2v) is 6.56. The number of benzene rings is 3. The highest BCUT2D eigenvalue weighted by atomic mass is 35.5. The second-order valence-electron chi connectivity index (χ2n) is 6.15. The molecular weight excluding hydrogens is 406 g/mol. The lowest BCUT2D eigenvalue weighted by atomic mass is 10.1. The molecule has 3 amide bonds. The molecule has 30 heavy (non-hydrogen) atoms. The fourth-order valence-electron chi connectivity index (χ4n) is 2.60. The third-order valence-corrected chi connectivity index (χ3v) is 4.45. The van der Waals surface area contributed by atoms with Gasteiger partial charge in [0.25, 0.3) is 17.7 Å². The molecule has 0 aromatic heterocycles. The van der Waals surface area contributed by atoms with Crippen molar-refractivity contribution in [2.75, 3.05) is 12.4 Å². The van der Waals surface area contributed by atoms with Crippen LogP contribution in [-0.4, -0.2) is 24.8 Å². The Balaban J connectivity index is 1.64. The van der Waals surface area contributed by atoms with Gasteiger partial charge in [-0.1, -0.05) is 35.9 Å². The van der Waals surface area contributed by atoms with E-state index < -0.39 is 11.8 Å². The summed E-state index contributed by atoms with van der Waals surface area (Å²) in [6.45, 7) is 0. The van der Waals surface area contributed by atoms with E-state index in [0.29, 0.717) is 17.0 Å². The molecule has 3 N–H and O–H groups in total. The highest BCUT2D eigenvalue weighted by Crippen LogP contribution is 2.16. The molecule has 0 atom stereocenters. The standard InChI is InChI=1S/C22H18ClN3O4/c1-30-17-9-5-7-15(13-17)20(27)24-16-8-4-6-14(12-16)21(28)25-26-22(29)18-10-2-3-11-19(18)23/h2-13H,1H3,(H,24,27)(H,25,28)(H,26,29). The van der Waals surface area contributed by atoms with E-state index in [9.17, 15) is 14.4 Å². The van der Waals surface area contributed by atoms with Crippen LogP contribution >= 0.6 is 11.6 Å². The smallest absolute Gasteiger partial charge is 0.271 e. The number of hydrogen-bond acceptors (Lipinski definition) is 4. The van der Waals surface area contributed by atoms with Gasteiger partial charge in [0.05, 0.1) is 17.7 Å². The molecular formula is C22H18ClN3O4. The van der Waals surface area contributed by atoms with Crippen LogP contribution in [0.25, 0.3) is 0 Å². The summed E-state index contributed by atoms with van der Waals surface area (Å²) in [4.78, 5) is 36.9. The van der Waals surface area contributed by atoms with Crippen molar-refractivity contribution in [3.05, 3.63) is 94.5 Å². The van der Waals surface area contributed by atoms with Crippen LogP contribution in [0.1, 0.15) is 31.1 Å². The molecule has 0 aliphatic rings. The molecule has 0 unspecified atom stereocenters. The maximum atomic E-state index is 12.4. The van der Waals surface area contributed by atoms with Crippen molar-refractivity contribution >= 4 is 35.0 Å². The minimum atomic E-state index is -0.548. The van der Waals surface area contributed by atoms with Gasteiger partial charge in [0, 0.05) is 16.8 Å². The second kappa shape index (κ2) is 9.58. The van der Waals surface area contributed by atoms with Gasteiger partial charge in [-0.15, -0.1) is 0 Å². The predicted molar refractivity (Wildman–Crippen MR) is 114 cm³/mol. The zero-order valence-corrected chi connectivity index (χ0v) is 16.7. The Bertz CT molecular complexity index is 1100. The monoisotopic (exact) mass is 423 g/mol. The largest absolute Gasteiger partial charge is 0.497 e. The van der Waals surface area contributed by atoms with Crippen molar-refractivity contribution in [3.8, 4) is 5.75 Å². The van der Waals surface area contributed by atoms with Crippen LogP contribution in [0.5, 0.6) is 5.75 Å². The number of hydrazine groups is 1. The Kier molecular flexibility index (Phi) is 6.67. The molecule has 0 fully saturated rings. The zero-order valence-electron chi connectivity index (χ0n) is 15.9. The highest BCUT2D eigenvalue weighted by Gasteiger charge is 2.13. The molecule has 7 nitrogen and oxygen atoms in total. The summed E-state index contributed by atoms with van der Waals surface area (Å²) in [5.74, 6) is -0.882. The van der Waals surface area contributed by atoms with Crippen molar-refractivity contribution in [1.82, 2.24) is 10.9 Å². The van der Waals surface area contributed by atoms with Crippen molar-refractivity contribution in [3.63, 3.8) is 0 Å². The zero-order chi connectivity index (χ0) is 21.5. The summed E-state index contributed by atoms with van der Waals surface area (Å²) in [5, 5.41) is 2.99. The van der Waals surface area contributed by atoms with Gasteiger partial charge in [0.2, 0.25) is 0 Å². The number of rotatable bonds is 5. The molecule has 0 spiro atoms. The molecule has 3 aromatic carbocycles. The number of carbonyl (C=O) groups excluding carboxylic acids is 3. The highest BCUT2D eigenvalue weighted by molar-refractivity contribution is 6.33. The molecule has 3 aromatic rings. The van der Waals surface area contributed by atoms with E-state index in [-0.39, 0.29) is 22.1 Å². The van der Waals surface area contributed by atoms with E-state index in [0.717, 1.165) is 0 Å². The van der Waals surface area contributed by atoms with Crippen LogP contribution in [0.2, 0.25) is 5.02 Å². The van der Waals surface area contributed by atoms with E-state index in [1.54, 1.807) is 66.7 Å². The lowest BCUT2D eigenvalue weighted by Crippen LogP contribution is -2.41. The first-order valence-electron chi connectivity index (χ1n) is 8.88. The van der Waals surface area contributed by atoms with Crippen LogP contribution < -0.4 is 20.9 Å². The SMILES string of the molecule is COc1cccc(C(=O)Nc2cccc(C(=O)NNC(=O)c3ccccc3Cl)c2)c1. The summed E-state index contributed by atoms with van der Waals surface area (Å²) in [6, 6.07) is 19.5. The lowest BCUT2D eigenvalue weighted by molar-refractivity contribution is 0.0847. The molecule has 152 valence electrons. The summed E-state index contributed by atoms with van der Waals surface area (Å²) in [7, 11) is 1.52. The molecule has 8 heteroatoms. The molecule has 0 saturated heterocycles. The quantitative estimate of drug-likeness (QED) is 0.545. The number of hydrogen-bond donors (Lipinski definition) is 3. The predicted octanol–water partition coefficient (Wildman–Crippen LogP) is 3.68. The van der Waals surface area contributed by atoms with Gasteiger partial charge in [-0.05, 0) is 48.5 Å². The van der Waals surface area contributed by atoms with E-state index in [1.807, 2.05) is 0 Å². The van der Waals surface area contributed by atoms with Crippen molar-refractivity contribution < 1.29 is 19.1 Å². The van der Waals surface area contributed by atoms with E-state index in [2.05, 4.69) is 16.2 Å². The van der Waals surface area contributed by atoms with E-state index >= 15 is 0 Å². The van der Waals surface area contributed by atoms with Crippen LogP contribution in [0.4, 0.5) is 5.69 Å². The van der Waals surface area contributed by atoms with Crippen LogP contribution in [0.3, 0.4) is 0 Å². The van der Waals surface area contributed by atoms with Gasteiger partial charge in [-0.25, -0.2) is 0 Å². The molecule has 0 aliphatic carbocycles. The Morgan fingerprint density at radius 2 is 1.43 bits per heavy atom. The third kappa shape index (κ3) is 5.15. The molecule has 3 rings (SSSR count). The Morgan fingerprint density at radius 1 is 0.767 bits per heavy atom. The number of amides is 3. The number of carbonyl (C=O) groups is 3. The van der Waals surface area contributed by atoms with Gasteiger partial charge >= 0.3 is 0 Å². The Labute approximate surface area is 178 Å². The molecule has 0 aliphatic heterocycles. The fourth-order valence-corrected chi connectivity index (χ4v) is 2.83. The first kappa shape index (κ1) is 20.9. The first-order chi connectivity index (χ1) is 14.5. The summed E-state index contributed by atoms with van der Waals surface area (Å²) >= 11 is 5.97. The van der Waals surface area contributed by atoms with Crippen molar-refractivity contribution in [1.29, 1.82) is 0 Å². The topological polar surface area (TPSA) is 96.5 Å². The average Bonchev–Trinajstić information content (AvgIpc) is 2.77.